The topological polar surface area (TPSA) is 53.4 Å². The van der Waals surface area contributed by atoms with E-state index in [4.69, 9.17) is 10.0 Å². The van der Waals surface area contributed by atoms with Gasteiger partial charge in [-0.25, -0.2) is 9.37 Å². The van der Waals surface area contributed by atoms with Gasteiger partial charge in [-0.05, 0) is 28.9 Å². The van der Waals surface area contributed by atoms with Gasteiger partial charge in [-0.2, -0.15) is 0 Å². The van der Waals surface area contributed by atoms with E-state index in [0.29, 0.717) is 4.60 Å². The third-order valence-corrected chi connectivity index (χ3v) is 1.80. The van der Waals surface area contributed by atoms with E-state index in [1.807, 2.05) is 0 Å². The molecular weight excluding hydrogens is 228 g/mol. The average molecular weight is 234 g/mol. The molecule has 0 amide bonds. The number of rotatable bonds is 1. The maximum absolute atomic E-state index is 13.0. The highest BCUT2D eigenvalue weighted by Gasteiger charge is 2.19. The van der Waals surface area contributed by atoms with Gasteiger partial charge < -0.3 is 10.0 Å². The third-order valence-electron chi connectivity index (χ3n) is 1.40. The summed E-state index contributed by atoms with van der Waals surface area (Å²) in [4.78, 5) is 3.74. The summed E-state index contributed by atoms with van der Waals surface area (Å²) in [6.45, 7) is 1.45. The lowest BCUT2D eigenvalue weighted by molar-refractivity contribution is 0.422. The van der Waals surface area contributed by atoms with E-state index in [9.17, 15) is 4.39 Å². The Bertz CT molecular complexity index is 308. The summed E-state index contributed by atoms with van der Waals surface area (Å²) in [5.41, 5.74) is -0.0400. The van der Waals surface area contributed by atoms with E-state index >= 15 is 0 Å². The van der Waals surface area contributed by atoms with Crippen LogP contribution >= 0.6 is 15.9 Å². The van der Waals surface area contributed by atoms with Gasteiger partial charge in [0.05, 0.1) is 5.69 Å². The summed E-state index contributed by atoms with van der Waals surface area (Å²) in [6.07, 6.45) is 0. The first-order valence-electron chi connectivity index (χ1n) is 3.21. The lowest BCUT2D eigenvalue weighted by Crippen LogP contribution is -2.33. The fraction of sp³-hybridized carbons (Fsp3) is 0.167. The zero-order valence-corrected chi connectivity index (χ0v) is 7.84. The molecule has 0 spiro atoms. The average Bonchev–Trinajstić information content (AvgIpc) is 1.96. The van der Waals surface area contributed by atoms with E-state index < -0.39 is 12.9 Å². The minimum atomic E-state index is -1.80. The first kappa shape index (κ1) is 9.63. The van der Waals surface area contributed by atoms with Gasteiger partial charge >= 0.3 is 7.12 Å². The molecule has 1 rings (SSSR count). The normalized spacial score (nSPS) is 10.1. The molecule has 3 nitrogen and oxygen atoms in total. The molecule has 0 aliphatic carbocycles. The monoisotopic (exact) mass is 233 g/mol. The minimum absolute atomic E-state index is 0.132. The SMILES string of the molecule is Cc1nc(Br)cc(B(O)O)c1F. The molecule has 0 unspecified atom stereocenters. The molecule has 2 N–H and O–H groups in total. The van der Waals surface area contributed by atoms with Crippen LogP contribution < -0.4 is 5.46 Å². The maximum atomic E-state index is 13.0. The van der Waals surface area contributed by atoms with Crippen molar-refractivity contribution in [3.63, 3.8) is 0 Å². The van der Waals surface area contributed by atoms with Crippen molar-refractivity contribution in [2.75, 3.05) is 0 Å². The Morgan fingerprint density at radius 2 is 2.17 bits per heavy atom. The molecule has 0 bridgehead atoms. The first-order chi connectivity index (χ1) is 5.52. The highest BCUT2D eigenvalue weighted by Crippen LogP contribution is 2.08. The zero-order chi connectivity index (χ0) is 9.30. The lowest BCUT2D eigenvalue weighted by Gasteiger charge is -2.03. The van der Waals surface area contributed by atoms with Crippen molar-refractivity contribution in [3.8, 4) is 0 Å². The molecule has 6 heteroatoms. The van der Waals surface area contributed by atoms with E-state index in [0.717, 1.165) is 0 Å². The zero-order valence-electron chi connectivity index (χ0n) is 6.25. The number of hydrogen-bond donors (Lipinski definition) is 2. The molecule has 0 saturated heterocycles. The van der Waals surface area contributed by atoms with Crippen LogP contribution in [0.2, 0.25) is 0 Å². The highest BCUT2D eigenvalue weighted by molar-refractivity contribution is 9.10. The molecular formula is C6H6BBrFNO2. The van der Waals surface area contributed by atoms with Crippen molar-refractivity contribution < 1.29 is 14.4 Å². The van der Waals surface area contributed by atoms with Crippen LogP contribution in [0.3, 0.4) is 0 Å². The van der Waals surface area contributed by atoms with Gasteiger partial charge in [0.2, 0.25) is 0 Å². The number of nitrogens with zero attached hydrogens (tertiary/aromatic N) is 1. The van der Waals surface area contributed by atoms with E-state index in [1.54, 1.807) is 0 Å². The summed E-state index contributed by atoms with van der Waals surface area (Å²) in [7, 11) is -1.80. The molecule has 0 saturated carbocycles. The van der Waals surface area contributed by atoms with Gasteiger partial charge in [0.25, 0.3) is 0 Å². The lowest BCUT2D eigenvalue weighted by atomic mass is 9.80. The second-order valence-corrected chi connectivity index (χ2v) is 3.12. The molecule has 0 aliphatic rings. The van der Waals surface area contributed by atoms with Gasteiger partial charge in [0, 0.05) is 5.46 Å². The molecule has 0 aromatic carbocycles. The van der Waals surface area contributed by atoms with Gasteiger partial charge in [0.1, 0.15) is 10.4 Å². The molecule has 1 aromatic heterocycles. The molecule has 1 heterocycles. The fourth-order valence-electron chi connectivity index (χ4n) is 0.830. The Kier molecular flexibility index (Phi) is 2.82. The summed E-state index contributed by atoms with van der Waals surface area (Å²) in [5, 5.41) is 17.4. The van der Waals surface area contributed by atoms with Gasteiger partial charge in [0.15, 0.2) is 0 Å². The third kappa shape index (κ3) is 1.82. The van der Waals surface area contributed by atoms with E-state index in [-0.39, 0.29) is 11.2 Å². The van der Waals surface area contributed by atoms with Crippen LogP contribution in [-0.4, -0.2) is 22.2 Å². The van der Waals surface area contributed by atoms with Crippen molar-refractivity contribution in [2.24, 2.45) is 0 Å². The number of aromatic nitrogens is 1. The Hall–Kier alpha value is -0.455. The molecule has 1 aromatic rings. The Labute approximate surface area is 77.5 Å². The van der Waals surface area contributed by atoms with Crippen molar-refractivity contribution in [1.29, 1.82) is 0 Å². The molecule has 64 valence electrons. The molecule has 0 fully saturated rings. The number of halogens is 2. The number of aryl methyl sites for hydroxylation is 1. The summed E-state index contributed by atoms with van der Waals surface area (Å²) < 4.78 is 13.4. The van der Waals surface area contributed by atoms with Gasteiger partial charge in [-0.3, -0.25) is 0 Å². The smallest absolute Gasteiger partial charge is 0.423 e. The minimum Gasteiger partial charge on any atom is -0.423 e. The van der Waals surface area contributed by atoms with Gasteiger partial charge in [-0.15, -0.1) is 0 Å². The molecule has 0 atom stereocenters. The number of hydrogen-bond acceptors (Lipinski definition) is 3. The largest absolute Gasteiger partial charge is 0.491 e. The molecule has 0 aliphatic heterocycles. The first-order valence-corrected chi connectivity index (χ1v) is 4.00. The fourth-order valence-corrected chi connectivity index (χ4v) is 1.34. The molecule has 12 heavy (non-hydrogen) atoms. The van der Waals surface area contributed by atoms with E-state index in [2.05, 4.69) is 20.9 Å². The second kappa shape index (κ2) is 3.51. The van der Waals surface area contributed by atoms with Crippen LogP contribution in [0.4, 0.5) is 4.39 Å². The van der Waals surface area contributed by atoms with Crippen LogP contribution in [0.1, 0.15) is 5.69 Å². The Morgan fingerprint density at radius 1 is 1.58 bits per heavy atom. The summed E-state index contributed by atoms with van der Waals surface area (Å²) in [5.74, 6) is -0.687. The predicted octanol–water partition coefficient (Wildman–Crippen LogP) is -0.0286. The van der Waals surface area contributed by atoms with Crippen LogP contribution in [0, 0.1) is 12.7 Å². The summed E-state index contributed by atoms with van der Waals surface area (Å²) >= 11 is 3.02. The standard InChI is InChI=1S/C6H6BBrFNO2/c1-3-6(9)4(7(11)12)2-5(8)10-3/h2,11-12H,1H3. The maximum Gasteiger partial charge on any atom is 0.491 e. The van der Waals surface area contributed by atoms with Crippen molar-refractivity contribution in [2.45, 2.75) is 6.92 Å². The Morgan fingerprint density at radius 3 is 2.67 bits per heavy atom. The molecule has 0 radical (unpaired) electrons. The predicted molar refractivity (Wildman–Crippen MR) is 46.5 cm³/mol. The van der Waals surface area contributed by atoms with Crippen molar-refractivity contribution in [1.82, 2.24) is 4.98 Å². The number of pyridine rings is 1. The second-order valence-electron chi connectivity index (χ2n) is 2.31. The van der Waals surface area contributed by atoms with Crippen LogP contribution in [0.15, 0.2) is 10.7 Å². The Balaban J connectivity index is 3.28. The highest BCUT2D eigenvalue weighted by atomic mass is 79.9. The quantitative estimate of drug-likeness (QED) is 0.529. The van der Waals surface area contributed by atoms with Crippen LogP contribution in [0.5, 0.6) is 0 Å². The van der Waals surface area contributed by atoms with E-state index in [1.165, 1.54) is 13.0 Å². The van der Waals surface area contributed by atoms with Crippen LogP contribution in [-0.2, 0) is 0 Å². The van der Waals surface area contributed by atoms with Crippen LogP contribution in [0.25, 0.3) is 0 Å². The van der Waals surface area contributed by atoms with Crippen molar-refractivity contribution >= 4 is 28.5 Å². The van der Waals surface area contributed by atoms with Gasteiger partial charge in [-0.1, -0.05) is 0 Å². The summed E-state index contributed by atoms with van der Waals surface area (Å²) in [6, 6.07) is 1.23. The van der Waals surface area contributed by atoms with Crippen molar-refractivity contribution in [3.05, 3.63) is 22.2 Å².